The summed E-state index contributed by atoms with van der Waals surface area (Å²) in [7, 11) is 0. The number of rotatable bonds is 6. The van der Waals surface area contributed by atoms with Crippen molar-refractivity contribution in [1.29, 1.82) is 0 Å². The predicted octanol–water partition coefficient (Wildman–Crippen LogP) is 3.13. The molecule has 5 atom stereocenters. The quantitative estimate of drug-likeness (QED) is 0.783. The van der Waals surface area contributed by atoms with Crippen LogP contribution in [0, 0.1) is 28.6 Å². The van der Waals surface area contributed by atoms with Gasteiger partial charge in [-0.15, -0.1) is 0 Å². The van der Waals surface area contributed by atoms with Crippen molar-refractivity contribution in [2.24, 2.45) is 28.6 Å². The van der Waals surface area contributed by atoms with Crippen molar-refractivity contribution in [3.63, 3.8) is 0 Å². The molecule has 3 aliphatic rings. The van der Waals surface area contributed by atoms with Crippen LogP contribution in [-0.4, -0.2) is 36.4 Å². The molecule has 3 rings (SSSR count). The smallest absolute Gasteiger partial charge is 0.222 e. The zero-order valence-corrected chi connectivity index (χ0v) is 15.8. The van der Waals surface area contributed by atoms with Gasteiger partial charge in [-0.25, -0.2) is 0 Å². The summed E-state index contributed by atoms with van der Waals surface area (Å²) in [4.78, 5) is 12.3. The van der Waals surface area contributed by atoms with Gasteiger partial charge in [-0.2, -0.15) is 0 Å². The number of hydrogen-bond acceptors (Lipinski definition) is 3. The van der Waals surface area contributed by atoms with E-state index in [4.69, 9.17) is 9.84 Å². The largest absolute Gasteiger partial charge is 0.396 e. The average Bonchev–Trinajstić information content (AvgIpc) is 3.03. The second-order valence-electron chi connectivity index (χ2n) is 8.93. The summed E-state index contributed by atoms with van der Waals surface area (Å²) in [5.41, 5.74) is 0.336. The van der Waals surface area contributed by atoms with Gasteiger partial charge in [0.25, 0.3) is 0 Å². The monoisotopic (exact) mass is 337 g/mol. The molecule has 1 aliphatic heterocycles. The Morgan fingerprint density at radius 3 is 2.67 bits per heavy atom. The molecular formula is C20H35NO3. The second-order valence-corrected chi connectivity index (χ2v) is 8.93. The topological polar surface area (TPSA) is 58.6 Å². The SMILES string of the molecule is CCC(CC)[C@H]1OCC[C@@]23C[C@@H](C[C@H]12)C(C)(C)[C@@H]3NC(=O)CCO. The summed E-state index contributed by atoms with van der Waals surface area (Å²) in [5.74, 6) is 1.87. The Hall–Kier alpha value is -0.610. The summed E-state index contributed by atoms with van der Waals surface area (Å²) in [6.45, 7) is 9.96. The molecule has 24 heavy (non-hydrogen) atoms. The van der Waals surface area contributed by atoms with Gasteiger partial charge in [-0.05, 0) is 47.8 Å². The molecule has 138 valence electrons. The van der Waals surface area contributed by atoms with Gasteiger partial charge in [0.15, 0.2) is 0 Å². The number of nitrogens with one attached hydrogen (secondary N) is 1. The van der Waals surface area contributed by atoms with Gasteiger partial charge in [-0.3, -0.25) is 4.79 Å². The fraction of sp³-hybridized carbons (Fsp3) is 0.950. The van der Waals surface area contributed by atoms with E-state index >= 15 is 0 Å². The summed E-state index contributed by atoms with van der Waals surface area (Å²) in [6.07, 6.45) is 6.46. The molecule has 1 heterocycles. The lowest BCUT2D eigenvalue weighted by atomic mass is 9.58. The molecule has 2 saturated carbocycles. The molecule has 4 nitrogen and oxygen atoms in total. The van der Waals surface area contributed by atoms with Crippen molar-refractivity contribution in [2.75, 3.05) is 13.2 Å². The Labute approximate surface area is 146 Å². The Morgan fingerprint density at radius 2 is 2.04 bits per heavy atom. The van der Waals surface area contributed by atoms with Gasteiger partial charge >= 0.3 is 0 Å². The first-order valence-corrected chi connectivity index (χ1v) is 9.92. The van der Waals surface area contributed by atoms with E-state index in [0.717, 1.165) is 13.0 Å². The van der Waals surface area contributed by atoms with Gasteiger partial charge in [0.2, 0.25) is 5.91 Å². The highest BCUT2D eigenvalue weighted by Gasteiger charge is 2.68. The Balaban J connectivity index is 1.88. The Kier molecular flexibility index (Phi) is 5.00. The van der Waals surface area contributed by atoms with Crippen LogP contribution in [0.4, 0.5) is 0 Å². The average molecular weight is 338 g/mol. The van der Waals surface area contributed by atoms with E-state index in [1.807, 2.05) is 0 Å². The van der Waals surface area contributed by atoms with Crippen LogP contribution in [0.2, 0.25) is 0 Å². The minimum Gasteiger partial charge on any atom is -0.396 e. The normalized spacial score (nSPS) is 39.9. The summed E-state index contributed by atoms with van der Waals surface area (Å²) in [5, 5.41) is 12.4. The van der Waals surface area contributed by atoms with Gasteiger partial charge in [0, 0.05) is 19.1 Å². The molecule has 2 bridgehead atoms. The first-order valence-electron chi connectivity index (χ1n) is 9.92. The van der Waals surface area contributed by atoms with Crippen molar-refractivity contribution in [1.82, 2.24) is 5.32 Å². The number of hydrogen-bond donors (Lipinski definition) is 2. The van der Waals surface area contributed by atoms with Crippen LogP contribution < -0.4 is 5.32 Å². The first-order chi connectivity index (χ1) is 11.4. The molecule has 1 saturated heterocycles. The van der Waals surface area contributed by atoms with Crippen LogP contribution >= 0.6 is 0 Å². The first kappa shape index (κ1) is 18.2. The van der Waals surface area contributed by atoms with Crippen LogP contribution in [0.25, 0.3) is 0 Å². The van der Waals surface area contributed by atoms with Gasteiger partial charge in [0.1, 0.15) is 0 Å². The molecule has 4 heteroatoms. The minimum absolute atomic E-state index is 0.00169. The summed E-state index contributed by atoms with van der Waals surface area (Å²) >= 11 is 0. The van der Waals surface area contributed by atoms with Crippen LogP contribution in [0.1, 0.15) is 66.2 Å². The van der Waals surface area contributed by atoms with E-state index in [0.29, 0.717) is 23.9 Å². The summed E-state index contributed by atoms with van der Waals surface area (Å²) in [6, 6.07) is 0.216. The highest BCUT2D eigenvalue weighted by atomic mass is 16.5. The fourth-order valence-electron chi connectivity index (χ4n) is 6.39. The van der Waals surface area contributed by atoms with E-state index in [1.54, 1.807) is 0 Å². The molecular weight excluding hydrogens is 302 g/mol. The predicted molar refractivity (Wildman–Crippen MR) is 94.5 cm³/mol. The van der Waals surface area contributed by atoms with Crippen LogP contribution in [-0.2, 0) is 9.53 Å². The molecule has 3 fully saturated rings. The van der Waals surface area contributed by atoms with E-state index < -0.39 is 0 Å². The van der Waals surface area contributed by atoms with Crippen molar-refractivity contribution < 1.29 is 14.6 Å². The second kappa shape index (κ2) is 6.60. The lowest BCUT2D eigenvalue weighted by Gasteiger charge is -2.54. The third-order valence-corrected chi connectivity index (χ3v) is 7.71. The van der Waals surface area contributed by atoms with Crippen molar-refractivity contribution in [2.45, 2.75) is 78.4 Å². The third kappa shape index (κ3) is 2.61. The van der Waals surface area contributed by atoms with Crippen molar-refractivity contribution >= 4 is 5.91 Å². The molecule has 0 radical (unpaired) electrons. The van der Waals surface area contributed by atoms with Gasteiger partial charge in [-0.1, -0.05) is 40.5 Å². The number of aliphatic hydroxyl groups excluding tert-OH is 1. The molecule has 0 aromatic rings. The molecule has 0 aromatic heterocycles. The third-order valence-electron chi connectivity index (χ3n) is 7.71. The zero-order chi connectivity index (χ0) is 17.5. The minimum atomic E-state index is -0.0711. The number of carbonyl (C=O) groups excluding carboxylic acids is 1. The lowest BCUT2D eigenvalue weighted by molar-refractivity contribution is -0.148. The highest BCUT2D eigenvalue weighted by Crippen LogP contribution is 2.69. The van der Waals surface area contributed by atoms with E-state index in [-0.39, 0.29) is 35.8 Å². The van der Waals surface area contributed by atoms with E-state index in [9.17, 15) is 4.79 Å². The summed E-state index contributed by atoms with van der Waals surface area (Å²) < 4.78 is 6.30. The molecule has 0 unspecified atom stereocenters. The van der Waals surface area contributed by atoms with Crippen LogP contribution in [0.15, 0.2) is 0 Å². The number of fused-ring (bicyclic) bond motifs is 1. The number of carbonyl (C=O) groups is 1. The van der Waals surface area contributed by atoms with Crippen LogP contribution in [0.5, 0.6) is 0 Å². The highest BCUT2D eigenvalue weighted by molar-refractivity contribution is 5.76. The number of aliphatic hydroxyl groups is 1. The maximum absolute atomic E-state index is 12.3. The molecule has 0 aromatic carbocycles. The van der Waals surface area contributed by atoms with Gasteiger partial charge < -0.3 is 15.2 Å². The number of amides is 1. The maximum atomic E-state index is 12.3. The zero-order valence-electron chi connectivity index (χ0n) is 15.8. The molecule has 1 spiro atoms. The maximum Gasteiger partial charge on any atom is 0.222 e. The fourth-order valence-corrected chi connectivity index (χ4v) is 6.39. The van der Waals surface area contributed by atoms with Gasteiger partial charge in [0.05, 0.1) is 12.7 Å². The lowest BCUT2D eigenvalue weighted by Crippen LogP contribution is -2.61. The van der Waals surface area contributed by atoms with Crippen LogP contribution in [0.3, 0.4) is 0 Å². The standard InChI is InChI=1S/C20H35NO3/c1-5-13(6-2)17-15-11-14-12-20(15,8-10-24-17)18(19(14,3)4)21-16(23)7-9-22/h13-15,17-18,22H,5-12H2,1-4H3,(H,21,23)/t14-,15-,17-,18+,20-/m1/s1. The van der Waals surface area contributed by atoms with E-state index in [1.165, 1.54) is 25.7 Å². The number of ether oxygens (including phenoxy) is 1. The molecule has 1 amide bonds. The van der Waals surface area contributed by atoms with E-state index in [2.05, 4.69) is 33.0 Å². The Morgan fingerprint density at radius 1 is 1.33 bits per heavy atom. The van der Waals surface area contributed by atoms with Crippen molar-refractivity contribution in [3.8, 4) is 0 Å². The molecule has 2 aliphatic carbocycles. The van der Waals surface area contributed by atoms with Crippen molar-refractivity contribution in [3.05, 3.63) is 0 Å². The molecule has 2 N–H and O–H groups in total. The Bertz CT molecular complexity index is 474.